The van der Waals surface area contributed by atoms with Crippen molar-refractivity contribution in [2.75, 3.05) is 12.4 Å². The van der Waals surface area contributed by atoms with Crippen molar-refractivity contribution < 1.29 is 4.74 Å². The maximum atomic E-state index is 5.43. The predicted molar refractivity (Wildman–Crippen MR) is 119 cm³/mol. The van der Waals surface area contributed by atoms with Crippen LogP contribution in [0.2, 0.25) is 0 Å². The van der Waals surface area contributed by atoms with Gasteiger partial charge >= 0.3 is 0 Å². The minimum Gasteiger partial charge on any atom is -0.497 e. The fourth-order valence-electron chi connectivity index (χ4n) is 3.79. The molecule has 0 fully saturated rings. The lowest BCUT2D eigenvalue weighted by molar-refractivity contribution is 0.415. The molecule has 0 aliphatic rings. The van der Waals surface area contributed by atoms with Crippen LogP contribution in [0, 0.1) is 6.92 Å². The van der Waals surface area contributed by atoms with E-state index in [-0.39, 0.29) is 0 Å². The number of ether oxygens (including phenoxy) is 1. The first-order valence-electron chi connectivity index (χ1n) is 9.57. The summed E-state index contributed by atoms with van der Waals surface area (Å²) in [5, 5.41) is 5.72. The maximum absolute atomic E-state index is 5.43. The van der Waals surface area contributed by atoms with Gasteiger partial charge in [-0.3, -0.25) is 0 Å². The van der Waals surface area contributed by atoms with Crippen LogP contribution in [0.25, 0.3) is 33.2 Å². The lowest BCUT2D eigenvalue weighted by Gasteiger charge is -2.07. The molecule has 29 heavy (non-hydrogen) atoms. The summed E-state index contributed by atoms with van der Waals surface area (Å²) in [5.74, 6) is 0.848. The van der Waals surface area contributed by atoms with Crippen LogP contribution in [0.5, 0.6) is 5.75 Å². The Kier molecular flexibility index (Phi) is 4.02. The molecule has 0 spiro atoms. The summed E-state index contributed by atoms with van der Waals surface area (Å²) in [7, 11) is 3.75. The average Bonchev–Trinajstić information content (AvgIpc) is 3.31. The minimum atomic E-state index is 0.848. The number of aryl methyl sites for hydroxylation is 2. The second-order valence-corrected chi connectivity index (χ2v) is 7.33. The molecule has 0 aliphatic carbocycles. The van der Waals surface area contributed by atoms with Gasteiger partial charge in [-0.05, 0) is 49.4 Å². The molecule has 0 unspecified atom stereocenters. The third kappa shape index (κ3) is 3.01. The van der Waals surface area contributed by atoms with Crippen molar-refractivity contribution in [2.45, 2.75) is 6.92 Å². The van der Waals surface area contributed by atoms with Gasteiger partial charge in [0.15, 0.2) is 0 Å². The number of hydrogen-bond acceptors (Lipinski definition) is 3. The van der Waals surface area contributed by atoms with E-state index in [1.165, 1.54) is 5.56 Å². The van der Waals surface area contributed by atoms with E-state index in [1.54, 1.807) is 7.11 Å². The molecular weight excluding hydrogens is 360 g/mol. The molecule has 0 bridgehead atoms. The van der Waals surface area contributed by atoms with Gasteiger partial charge in [-0.1, -0.05) is 17.7 Å². The summed E-state index contributed by atoms with van der Waals surface area (Å²) >= 11 is 0. The average molecular weight is 382 g/mol. The van der Waals surface area contributed by atoms with Gasteiger partial charge < -0.3 is 19.6 Å². The zero-order valence-corrected chi connectivity index (χ0v) is 16.7. The number of pyridine rings is 1. The van der Waals surface area contributed by atoms with Crippen LogP contribution in [0.15, 0.2) is 67.0 Å². The summed E-state index contributed by atoms with van der Waals surface area (Å²) in [6.07, 6.45) is 3.97. The van der Waals surface area contributed by atoms with Gasteiger partial charge in [-0.15, -0.1) is 0 Å². The minimum absolute atomic E-state index is 0.848. The first-order valence-corrected chi connectivity index (χ1v) is 9.57. The summed E-state index contributed by atoms with van der Waals surface area (Å²) in [4.78, 5) is 8.02. The van der Waals surface area contributed by atoms with Gasteiger partial charge in [-0.2, -0.15) is 0 Å². The monoisotopic (exact) mass is 382 g/mol. The lowest BCUT2D eigenvalue weighted by Crippen LogP contribution is -1.91. The molecule has 0 atom stereocenters. The van der Waals surface area contributed by atoms with Crippen molar-refractivity contribution >= 4 is 33.3 Å². The lowest BCUT2D eigenvalue weighted by atomic mass is 10.1. The molecule has 144 valence electrons. The zero-order valence-electron chi connectivity index (χ0n) is 16.7. The van der Waals surface area contributed by atoms with Crippen molar-refractivity contribution in [1.29, 1.82) is 0 Å². The molecule has 0 saturated heterocycles. The molecule has 3 aromatic heterocycles. The molecule has 5 nitrogen and oxygen atoms in total. The van der Waals surface area contributed by atoms with Gasteiger partial charge in [0.1, 0.15) is 11.4 Å². The van der Waals surface area contributed by atoms with Crippen LogP contribution >= 0.6 is 0 Å². The zero-order chi connectivity index (χ0) is 20.0. The third-order valence-electron chi connectivity index (χ3n) is 5.35. The first-order chi connectivity index (χ1) is 14.1. The number of aromatic nitrogens is 3. The number of nitrogens with zero attached hydrogens (tertiary/aromatic N) is 2. The second-order valence-electron chi connectivity index (χ2n) is 7.33. The Hall–Kier alpha value is -3.73. The smallest absolute Gasteiger partial charge is 0.139 e. The van der Waals surface area contributed by atoms with Gasteiger partial charge in [0.2, 0.25) is 0 Å². The van der Waals surface area contributed by atoms with Crippen molar-refractivity contribution in [3.05, 3.63) is 72.6 Å². The highest BCUT2D eigenvalue weighted by molar-refractivity contribution is 6.01. The molecule has 5 aromatic rings. The van der Waals surface area contributed by atoms with Gasteiger partial charge in [-0.25, -0.2) is 4.98 Å². The molecule has 2 N–H and O–H groups in total. The van der Waals surface area contributed by atoms with Crippen LogP contribution in [-0.2, 0) is 7.05 Å². The number of fused-ring (bicyclic) bond motifs is 2. The van der Waals surface area contributed by atoms with Gasteiger partial charge in [0, 0.05) is 52.7 Å². The van der Waals surface area contributed by atoms with Crippen LogP contribution in [0.3, 0.4) is 0 Å². The quantitative estimate of drug-likeness (QED) is 0.414. The summed E-state index contributed by atoms with van der Waals surface area (Å²) in [5.41, 5.74) is 7.50. The van der Waals surface area contributed by atoms with E-state index in [1.807, 2.05) is 18.3 Å². The molecule has 0 aliphatic heterocycles. The van der Waals surface area contributed by atoms with Crippen LogP contribution in [0.4, 0.5) is 11.4 Å². The fraction of sp³-hybridized carbons (Fsp3) is 0.125. The van der Waals surface area contributed by atoms with Gasteiger partial charge in [0.25, 0.3) is 0 Å². The SMILES string of the molecule is COc1ccc2c(c1)c(-c1cc3c(Nc4ccc(C)cc4)ccnc3[nH]1)cn2C. The Morgan fingerprint density at radius 3 is 2.62 bits per heavy atom. The Labute approximate surface area is 169 Å². The number of aromatic amines is 1. The molecule has 0 radical (unpaired) electrons. The molecule has 5 heteroatoms. The topological polar surface area (TPSA) is 54.9 Å². The van der Waals surface area contributed by atoms with E-state index in [2.05, 4.69) is 82.5 Å². The molecular formula is C24H22N4O. The number of H-pyrrole nitrogens is 1. The molecule has 0 amide bonds. The highest BCUT2D eigenvalue weighted by Gasteiger charge is 2.14. The second kappa shape index (κ2) is 6.71. The highest BCUT2D eigenvalue weighted by Crippen LogP contribution is 2.35. The fourth-order valence-corrected chi connectivity index (χ4v) is 3.79. The van der Waals surface area contributed by atoms with Crippen LogP contribution in [-0.4, -0.2) is 21.6 Å². The van der Waals surface area contributed by atoms with E-state index in [0.29, 0.717) is 0 Å². The number of nitrogens with one attached hydrogen (secondary N) is 2. The Bertz CT molecular complexity index is 1330. The van der Waals surface area contributed by atoms with Crippen LogP contribution in [0.1, 0.15) is 5.56 Å². The van der Waals surface area contributed by atoms with Gasteiger partial charge in [0.05, 0.1) is 12.8 Å². The largest absolute Gasteiger partial charge is 0.497 e. The Morgan fingerprint density at radius 1 is 1.00 bits per heavy atom. The number of rotatable bonds is 4. The number of benzene rings is 2. The van der Waals surface area contributed by atoms with Crippen molar-refractivity contribution in [3.8, 4) is 17.0 Å². The molecule has 0 saturated carbocycles. The summed E-state index contributed by atoms with van der Waals surface area (Å²) in [6.45, 7) is 2.09. The third-order valence-corrected chi connectivity index (χ3v) is 5.35. The highest BCUT2D eigenvalue weighted by atomic mass is 16.5. The Balaban J connectivity index is 1.62. The summed E-state index contributed by atoms with van der Waals surface area (Å²) < 4.78 is 7.57. The van der Waals surface area contributed by atoms with Crippen molar-refractivity contribution in [2.24, 2.45) is 7.05 Å². The normalized spacial score (nSPS) is 11.3. The predicted octanol–water partition coefficient (Wildman–Crippen LogP) is 5.78. The molecule has 5 rings (SSSR count). The number of hydrogen-bond donors (Lipinski definition) is 2. The van der Waals surface area contributed by atoms with E-state index in [0.717, 1.165) is 50.3 Å². The summed E-state index contributed by atoms with van der Waals surface area (Å²) in [6, 6.07) is 18.7. The standard InChI is InChI=1S/C24H22N4O/c1-15-4-6-16(7-5-15)26-21-10-11-25-24-19(21)13-22(27-24)20-14-28(2)23-9-8-17(29-3)12-18(20)23/h4-14H,1-3H3,(H2,25,26,27). The van der Waals surface area contributed by atoms with E-state index in [4.69, 9.17) is 4.74 Å². The number of methoxy groups -OCH3 is 1. The maximum Gasteiger partial charge on any atom is 0.139 e. The number of anilines is 2. The van der Waals surface area contributed by atoms with Crippen molar-refractivity contribution in [3.63, 3.8) is 0 Å². The van der Waals surface area contributed by atoms with E-state index in [9.17, 15) is 0 Å². The first kappa shape index (κ1) is 17.4. The van der Waals surface area contributed by atoms with E-state index >= 15 is 0 Å². The molecule has 2 aromatic carbocycles. The van der Waals surface area contributed by atoms with Crippen LogP contribution < -0.4 is 10.1 Å². The van der Waals surface area contributed by atoms with E-state index < -0.39 is 0 Å². The molecule has 3 heterocycles. The van der Waals surface area contributed by atoms with Crippen molar-refractivity contribution in [1.82, 2.24) is 14.5 Å². The Morgan fingerprint density at radius 2 is 1.83 bits per heavy atom.